The highest BCUT2D eigenvalue weighted by Crippen LogP contribution is 2.10. The van der Waals surface area contributed by atoms with Crippen LogP contribution < -0.4 is 5.73 Å². The van der Waals surface area contributed by atoms with E-state index in [9.17, 15) is 0 Å². The molecular formula is C10H11ClN2. The Kier molecular flexibility index (Phi) is 3.53. The number of nitrogens with two attached hydrogens (primary N) is 1. The topological polar surface area (TPSA) is 38.4 Å². The van der Waals surface area contributed by atoms with Crippen LogP contribution in [-0.2, 0) is 0 Å². The molecule has 0 saturated heterocycles. The molecular weight excluding hydrogens is 184 g/mol. The molecule has 0 amide bonds. The SMILES string of the molecule is CC(N)=NC=Cc1ccc(Cl)cc1. The van der Waals surface area contributed by atoms with E-state index in [0.29, 0.717) is 5.84 Å². The lowest BCUT2D eigenvalue weighted by Gasteiger charge is -1.91. The van der Waals surface area contributed by atoms with Crippen LogP contribution >= 0.6 is 11.6 Å². The van der Waals surface area contributed by atoms with Gasteiger partial charge in [0.1, 0.15) is 0 Å². The van der Waals surface area contributed by atoms with Crippen LogP contribution in [0.25, 0.3) is 6.08 Å². The van der Waals surface area contributed by atoms with E-state index in [-0.39, 0.29) is 0 Å². The van der Waals surface area contributed by atoms with Gasteiger partial charge in [-0.05, 0) is 30.7 Å². The average molecular weight is 195 g/mol. The third kappa shape index (κ3) is 3.76. The van der Waals surface area contributed by atoms with Crippen LogP contribution in [0.4, 0.5) is 0 Å². The van der Waals surface area contributed by atoms with Crippen molar-refractivity contribution in [3.63, 3.8) is 0 Å². The van der Waals surface area contributed by atoms with E-state index in [0.717, 1.165) is 10.6 Å². The third-order valence-electron chi connectivity index (χ3n) is 1.42. The van der Waals surface area contributed by atoms with Crippen LogP contribution in [0.15, 0.2) is 35.5 Å². The lowest BCUT2D eigenvalue weighted by molar-refractivity contribution is 1.48. The first-order valence-corrected chi connectivity index (χ1v) is 4.28. The molecule has 1 aromatic rings. The van der Waals surface area contributed by atoms with Gasteiger partial charge in [0, 0.05) is 11.2 Å². The zero-order valence-electron chi connectivity index (χ0n) is 7.37. The number of aliphatic imine (C=N–C) groups is 1. The summed E-state index contributed by atoms with van der Waals surface area (Å²) in [5, 5.41) is 0.732. The quantitative estimate of drug-likeness (QED) is 0.571. The summed E-state index contributed by atoms with van der Waals surface area (Å²) in [6, 6.07) is 7.50. The second kappa shape index (κ2) is 4.67. The molecule has 0 aromatic heterocycles. The number of hydrogen-bond donors (Lipinski definition) is 1. The van der Waals surface area contributed by atoms with Crippen LogP contribution in [0, 0.1) is 0 Å². The molecule has 0 atom stereocenters. The second-order valence-electron chi connectivity index (χ2n) is 2.64. The number of amidine groups is 1. The van der Waals surface area contributed by atoms with E-state index in [2.05, 4.69) is 4.99 Å². The first-order valence-electron chi connectivity index (χ1n) is 3.90. The Hall–Kier alpha value is -1.28. The van der Waals surface area contributed by atoms with E-state index < -0.39 is 0 Å². The van der Waals surface area contributed by atoms with E-state index in [1.54, 1.807) is 13.1 Å². The maximum absolute atomic E-state index is 5.72. The van der Waals surface area contributed by atoms with Crippen LogP contribution in [0.2, 0.25) is 5.02 Å². The van der Waals surface area contributed by atoms with Crippen molar-refractivity contribution in [2.75, 3.05) is 0 Å². The molecule has 0 spiro atoms. The number of benzene rings is 1. The smallest absolute Gasteiger partial charge is 0.0957 e. The van der Waals surface area contributed by atoms with Gasteiger partial charge in [0.05, 0.1) is 5.84 Å². The number of hydrogen-bond acceptors (Lipinski definition) is 1. The highest BCUT2D eigenvalue weighted by atomic mass is 35.5. The Balaban J connectivity index is 2.70. The molecule has 3 heteroatoms. The maximum Gasteiger partial charge on any atom is 0.0957 e. The van der Waals surface area contributed by atoms with E-state index in [4.69, 9.17) is 17.3 Å². The molecule has 2 nitrogen and oxygen atoms in total. The Bertz CT molecular complexity index is 321. The lowest BCUT2D eigenvalue weighted by atomic mass is 10.2. The minimum absolute atomic E-state index is 0.546. The Morgan fingerprint density at radius 3 is 2.54 bits per heavy atom. The van der Waals surface area contributed by atoms with Crippen LogP contribution in [0.3, 0.4) is 0 Å². The highest BCUT2D eigenvalue weighted by Gasteiger charge is 1.86. The molecule has 0 heterocycles. The zero-order valence-corrected chi connectivity index (χ0v) is 8.12. The molecule has 1 aromatic carbocycles. The minimum atomic E-state index is 0.546. The summed E-state index contributed by atoms with van der Waals surface area (Å²) in [5.74, 6) is 0.546. The van der Waals surface area contributed by atoms with Crippen molar-refractivity contribution in [1.29, 1.82) is 0 Å². The predicted octanol–water partition coefficient (Wildman–Crippen LogP) is 2.69. The summed E-state index contributed by atoms with van der Waals surface area (Å²) < 4.78 is 0. The van der Waals surface area contributed by atoms with Gasteiger partial charge in [-0.25, -0.2) is 4.99 Å². The molecule has 0 aliphatic carbocycles. The van der Waals surface area contributed by atoms with Gasteiger partial charge in [0.2, 0.25) is 0 Å². The lowest BCUT2D eigenvalue weighted by Crippen LogP contribution is -2.03. The largest absolute Gasteiger partial charge is 0.387 e. The first kappa shape index (κ1) is 9.81. The van der Waals surface area contributed by atoms with E-state index in [1.807, 2.05) is 30.3 Å². The normalized spacial score (nSPS) is 12.3. The van der Waals surface area contributed by atoms with E-state index >= 15 is 0 Å². The van der Waals surface area contributed by atoms with Gasteiger partial charge in [0.25, 0.3) is 0 Å². The fraction of sp³-hybridized carbons (Fsp3) is 0.100. The monoisotopic (exact) mass is 194 g/mol. The number of rotatable bonds is 2. The fourth-order valence-corrected chi connectivity index (χ4v) is 0.941. The molecule has 13 heavy (non-hydrogen) atoms. The number of halogens is 1. The Morgan fingerprint density at radius 1 is 1.38 bits per heavy atom. The summed E-state index contributed by atoms with van der Waals surface area (Å²) in [6.45, 7) is 1.74. The average Bonchev–Trinajstić information content (AvgIpc) is 2.08. The van der Waals surface area contributed by atoms with Gasteiger partial charge in [-0.15, -0.1) is 0 Å². The highest BCUT2D eigenvalue weighted by molar-refractivity contribution is 6.30. The zero-order chi connectivity index (χ0) is 9.68. The van der Waals surface area contributed by atoms with Crippen LogP contribution in [0.1, 0.15) is 12.5 Å². The Morgan fingerprint density at radius 2 is 2.00 bits per heavy atom. The molecule has 0 fully saturated rings. The van der Waals surface area contributed by atoms with Gasteiger partial charge in [0.15, 0.2) is 0 Å². The predicted molar refractivity (Wildman–Crippen MR) is 57.8 cm³/mol. The van der Waals surface area contributed by atoms with Gasteiger partial charge in [-0.1, -0.05) is 23.7 Å². The van der Waals surface area contributed by atoms with Crippen molar-refractivity contribution in [2.45, 2.75) is 6.92 Å². The second-order valence-corrected chi connectivity index (χ2v) is 3.07. The molecule has 68 valence electrons. The molecule has 1 rings (SSSR count). The van der Waals surface area contributed by atoms with Crippen molar-refractivity contribution in [1.82, 2.24) is 0 Å². The van der Waals surface area contributed by atoms with Crippen LogP contribution in [-0.4, -0.2) is 5.84 Å². The van der Waals surface area contributed by atoms with Crippen molar-refractivity contribution >= 4 is 23.5 Å². The third-order valence-corrected chi connectivity index (χ3v) is 1.67. The van der Waals surface area contributed by atoms with Crippen LogP contribution in [0.5, 0.6) is 0 Å². The maximum atomic E-state index is 5.72. The molecule has 0 bridgehead atoms. The molecule has 0 saturated carbocycles. The van der Waals surface area contributed by atoms with Crippen molar-refractivity contribution in [2.24, 2.45) is 10.7 Å². The first-order chi connectivity index (χ1) is 6.18. The molecule has 0 unspecified atom stereocenters. The number of nitrogens with zero attached hydrogens (tertiary/aromatic N) is 1. The minimum Gasteiger partial charge on any atom is -0.387 e. The molecule has 0 radical (unpaired) electrons. The Labute approximate surface area is 82.7 Å². The standard InChI is InChI=1S/C10H11ClN2/c1-8(12)13-7-6-9-2-4-10(11)5-3-9/h2-7H,1H3,(H2,12,13). The molecule has 2 N–H and O–H groups in total. The summed E-state index contributed by atoms with van der Waals surface area (Å²) >= 11 is 5.72. The summed E-state index contributed by atoms with van der Waals surface area (Å²) in [6.07, 6.45) is 3.53. The van der Waals surface area contributed by atoms with Gasteiger partial charge >= 0.3 is 0 Å². The summed E-state index contributed by atoms with van der Waals surface area (Å²) in [7, 11) is 0. The summed E-state index contributed by atoms with van der Waals surface area (Å²) in [4.78, 5) is 3.92. The van der Waals surface area contributed by atoms with Crippen molar-refractivity contribution < 1.29 is 0 Å². The van der Waals surface area contributed by atoms with Gasteiger partial charge < -0.3 is 5.73 Å². The van der Waals surface area contributed by atoms with Gasteiger partial charge in [-0.2, -0.15) is 0 Å². The fourth-order valence-electron chi connectivity index (χ4n) is 0.815. The molecule has 0 aliphatic heterocycles. The van der Waals surface area contributed by atoms with Crippen molar-refractivity contribution in [3.8, 4) is 0 Å². The van der Waals surface area contributed by atoms with Crippen molar-refractivity contribution in [3.05, 3.63) is 41.1 Å². The van der Waals surface area contributed by atoms with Gasteiger partial charge in [-0.3, -0.25) is 0 Å². The molecule has 0 aliphatic rings. The van der Waals surface area contributed by atoms with E-state index in [1.165, 1.54) is 0 Å². The summed E-state index contributed by atoms with van der Waals surface area (Å²) in [5.41, 5.74) is 6.41.